The number of benzene rings is 2. The van der Waals surface area contributed by atoms with Gasteiger partial charge in [0.25, 0.3) is 0 Å². The Labute approximate surface area is 152 Å². The second kappa shape index (κ2) is 7.17. The van der Waals surface area contributed by atoms with Crippen molar-refractivity contribution in [3.63, 3.8) is 0 Å². The lowest BCUT2D eigenvalue weighted by molar-refractivity contribution is -0.167. The number of hydrogen-bond donors (Lipinski definition) is 1. The zero-order chi connectivity index (χ0) is 18.7. The largest absolute Gasteiger partial charge is 0.471 e. The van der Waals surface area contributed by atoms with Crippen LogP contribution in [0.1, 0.15) is 11.3 Å². The van der Waals surface area contributed by atoms with Crippen LogP contribution in [0, 0.1) is 0 Å². The molecule has 0 aliphatic heterocycles. The summed E-state index contributed by atoms with van der Waals surface area (Å²) in [6, 6.07) is 15.2. The SMILES string of the molecule is O=C(Nc1cccc(/C=C/c2ccc3ccc(Cl)cc3n2)c1)C(F)(F)F. The Kier molecular flexibility index (Phi) is 4.95. The average molecular weight is 377 g/mol. The van der Waals surface area contributed by atoms with Crippen LogP contribution in [0.3, 0.4) is 0 Å². The van der Waals surface area contributed by atoms with Crippen LogP contribution >= 0.6 is 11.6 Å². The van der Waals surface area contributed by atoms with Crippen LogP contribution in [-0.4, -0.2) is 17.1 Å². The molecule has 2 aromatic carbocycles. The number of halogens is 4. The number of amides is 1. The maximum Gasteiger partial charge on any atom is 0.471 e. The molecule has 0 saturated heterocycles. The first-order chi connectivity index (χ1) is 12.3. The Morgan fingerprint density at radius 3 is 2.58 bits per heavy atom. The summed E-state index contributed by atoms with van der Waals surface area (Å²) < 4.78 is 37.0. The number of fused-ring (bicyclic) bond motifs is 1. The van der Waals surface area contributed by atoms with Crippen molar-refractivity contribution in [2.24, 2.45) is 0 Å². The highest BCUT2D eigenvalue weighted by Gasteiger charge is 2.38. The Morgan fingerprint density at radius 1 is 1.04 bits per heavy atom. The molecule has 7 heteroatoms. The Morgan fingerprint density at radius 2 is 1.81 bits per heavy atom. The van der Waals surface area contributed by atoms with Crippen LogP contribution in [0.25, 0.3) is 23.1 Å². The van der Waals surface area contributed by atoms with Gasteiger partial charge in [-0.25, -0.2) is 4.98 Å². The van der Waals surface area contributed by atoms with Gasteiger partial charge in [0.05, 0.1) is 11.2 Å². The maximum atomic E-state index is 12.3. The van der Waals surface area contributed by atoms with Gasteiger partial charge in [-0.05, 0) is 42.0 Å². The summed E-state index contributed by atoms with van der Waals surface area (Å²) in [6.45, 7) is 0. The van der Waals surface area contributed by atoms with Crippen molar-refractivity contribution in [2.75, 3.05) is 5.32 Å². The van der Waals surface area contributed by atoms with E-state index in [2.05, 4.69) is 4.98 Å². The highest BCUT2D eigenvalue weighted by atomic mass is 35.5. The summed E-state index contributed by atoms with van der Waals surface area (Å²) >= 11 is 5.96. The van der Waals surface area contributed by atoms with Crippen LogP contribution < -0.4 is 5.32 Å². The fraction of sp³-hybridized carbons (Fsp3) is 0.0526. The molecule has 1 N–H and O–H groups in total. The summed E-state index contributed by atoms with van der Waals surface area (Å²) in [5, 5.41) is 3.35. The number of hydrogen-bond acceptors (Lipinski definition) is 2. The molecule has 0 bridgehead atoms. The van der Waals surface area contributed by atoms with E-state index in [4.69, 9.17) is 11.6 Å². The number of carbonyl (C=O) groups excluding carboxylic acids is 1. The third-order valence-corrected chi connectivity index (χ3v) is 3.76. The zero-order valence-corrected chi connectivity index (χ0v) is 14.0. The molecule has 1 heterocycles. The average Bonchev–Trinajstić information content (AvgIpc) is 2.59. The number of anilines is 1. The third-order valence-electron chi connectivity index (χ3n) is 3.52. The summed E-state index contributed by atoms with van der Waals surface area (Å²) in [6.07, 6.45) is -1.50. The lowest BCUT2D eigenvalue weighted by Gasteiger charge is -2.08. The van der Waals surface area contributed by atoms with E-state index in [0.717, 1.165) is 10.9 Å². The fourth-order valence-electron chi connectivity index (χ4n) is 2.30. The molecule has 0 fully saturated rings. The summed E-state index contributed by atoms with van der Waals surface area (Å²) in [5.74, 6) is -2.01. The van der Waals surface area contributed by atoms with Gasteiger partial charge in [0, 0.05) is 16.1 Å². The van der Waals surface area contributed by atoms with Crippen molar-refractivity contribution in [1.82, 2.24) is 4.98 Å². The Bertz CT molecular complexity index is 999. The van der Waals surface area contributed by atoms with Crippen LogP contribution in [0.2, 0.25) is 5.02 Å². The van der Waals surface area contributed by atoms with Crippen molar-refractivity contribution in [2.45, 2.75) is 6.18 Å². The number of alkyl halides is 3. The smallest absolute Gasteiger partial charge is 0.318 e. The number of aromatic nitrogens is 1. The van der Waals surface area contributed by atoms with E-state index in [1.54, 1.807) is 36.4 Å². The predicted octanol–water partition coefficient (Wildman–Crippen LogP) is 5.56. The molecule has 3 aromatic rings. The molecular formula is C19H12ClF3N2O. The van der Waals surface area contributed by atoms with Gasteiger partial charge in [-0.1, -0.05) is 41.9 Å². The summed E-state index contributed by atoms with van der Waals surface area (Å²) in [7, 11) is 0. The Hall–Kier alpha value is -2.86. The van der Waals surface area contributed by atoms with Gasteiger partial charge in [0.15, 0.2) is 0 Å². The molecule has 132 valence electrons. The van der Waals surface area contributed by atoms with Gasteiger partial charge < -0.3 is 5.32 Å². The summed E-state index contributed by atoms with van der Waals surface area (Å²) in [4.78, 5) is 15.5. The van der Waals surface area contributed by atoms with Gasteiger partial charge in [-0.2, -0.15) is 13.2 Å². The van der Waals surface area contributed by atoms with Crippen LogP contribution in [0.15, 0.2) is 54.6 Å². The molecule has 0 unspecified atom stereocenters. The first kappa shape index (κ1) is 17.9. The van der Waals surface area contributed by atoms with E-state index >= 15 is 0 Å². The van der Waals surface area contributed by atoms with E-state index in [1.165, 1.54) is 12.1 Å². The van der Waals surface area contributed by atoms with Crippen LogP contribution in [0.4, 0.5) is 18.9 Å². The molecule has 26 heavy (non-hydrogen) atoms. The molecule has 1 amide bonds. The lowest BCUT2D eigenvalue weighted by Crippen LogP contribution is -2.29. The van der Waals surface area contributed by atoms with E-state index < -0.39 is 12.1 Å². The molecule has 1 aromatic heterocycles. The number of nitrogens with one attached hydrogen (secondary N) is 1. The third kappa shape index (κ3) is 4.40. The number of nitrogens with zero attached hydrogens (tertiary/aromatic N) is 1. The van der Waals surface area contributed by atoms with E-state index in [-0.39, 0.29) is 5.69 Å². The van der Waals surface area contributed by atoms with Crippen molar-refractivity contribution in [1.29, 1.82) is 0 Å². The minimum absolute atomic E-state index is 0.0627. The molecular weight excluding hydrogens is 365 g/mol. The van der Waals surface area contributed by atoms with Crippen molar-refractivity contribution in [3.05, 3.63) is 70.9 Å². The van der Waals surface area contributed by atoms with Gasteiger partial charge >= 0.3 is 12.1 Å². The second-order valence-electron chi connectivity index (χ2n) is 5.48. The molecule has 0 aliphatic rings. The zero-order valence-electron chi connectivity index (χ0n) is 13.2. The lowest BCUT2D eigenvalue weighted by atomic mass is 10.1. The number of rotatable bonds is 3. The van der Waals surface area contributed by atoms with E-state index in [9.17, 15) is 18.0 Å². The predicted molar refractivity (Wildman–Crippen MR) is 96.8 cm³/mol. The van der Waals surface area contributed by atoms with Gasteiger partial charge in [0.2, 0.25) is 0 Å². The molecule has 3 nitrogen and oxygen atoms in total. The second-order valence-corrected chi connectivity index (χ2v) is 5.92. The highest BCUT2D eigenvalue weighted by molar-refractivity contribution is 6.31. The highest BCUT2D eigenvalue weighted by Crippen LogP contribution is 2.21. The van der Waals surface area contributed by atoms with Crippen molar-refractivity contribution >= 4 is 46.3 Å². The van der Waals surface area contributed by atoms with E-state index in [1.807, 2.05) is 23.5 Å². The normalized spacial score (nSPS) is 11.8. The molecule has 0 aliphatic carbocycles. The minimum Gasteiger partial charge on any atom is -0.318 e. The van der Waals surface area contributed by atoms with Gasteiger partial charge in [-0.15, -0.1) is 0 Å². The Balaban J connectivity index is 1.80. The van der Waals surface area contributed by atoms with Gasteiger partial charge in [0.1, 0.15) is 0 Å². The molecule has 0 spiro atoms. The topological polar surface area (TPSA) is 42.0 Å². The fourth-order valence-corrected chi connectivity index (χ4v) is 2.47. The minimum atomic E-state index is -4.93. The summed E-state index contributed by atoms with van der Waals surface area (Å²) in [5.41, 5.74) is 2.10. The van der Waals surface area contributed by atoms with Gasteiger partial charge in [-0.3, -0.25) is 4.79 Å². The standard InChI is InChI=1S/C19H12ClF3N2O/c20-14-7-5-13-6-9-15(24-17(13)11-14)8-4-12-2-1-3-16(10-12)25-18(26)19(21,22)23/h1-11H,(H,25,26)/b8-4+. The maximum absolute atomic E-state index is 12.3. The first-order valence-electron chi connectivity index (χ1n) is 7.54. The van der Waals surface area contributed by atoms with Crippen LogP contribution in [-0.2, 0) is 4.79 Å². The van der Waals surface area contributed by atoms with Crippen molar-refractivity contribution in [3.8, 4) is 0 Å². The monoisotopic (exact) mass is 376 g/mol. The van der Waals surface area contributed by atoms with Crippen LogP contribution in [0.5, 0.6) is 0 Å². The molecule has 0 atom stereocenters. The molecule has 0 saturated carbocycles. The quantitative estimate of drug-likeness (QED) is 0.650. The number of pyridine rings is 1. The molecule has 3 rings (SSSR count). The first-order valence-corrected chi connectivity index (χ1v) is 7.92. The van der Waals surface area contributed by atoms with Crippen molar-refractivity contribution < 1.29 is 18.0 Å². The molecule has 0 radical (unpaired) electrons. The van der Waals surface area contributed by atoms with E-state index in [0.29, 0.717) is 16.3 Å². The number of carbonyl (C=O) groups is 1.